The molecule has 1 aromatic heterocycles. The Bertz CT molecular complexity index is 422. The van der Waals surface area contributed by atoms with Gasteiger partial charge in [-0.1, -0.05) is 30.3 Å². The highest BCUT2D eigenvalue weighted by Crippen LogP contribution is 2.28. The minimum atomic E-state index is 0.103. The Hall–Kier alpha value is -1.16. The van der Waals surface area contributed by atoms with E-state index in [1.54, 1.807) is 11.3 Å². The summed E-state index contributed by atoms with van der Waals surface area (Å²) in [5, 5.41) is 2.10. The first kappa shape index (κ1) is 10.4. The van der Waals surface area contributed by atoms with Crippen LogP contribution in [0.2, 0.25) is 0 Å². The zero-order valence-electron chi connectivity index (χ0n) is 8.60. The van der Waals surface area contributed by atoms with E-state index < -0.39 is 0 Å². The Balaban J connectivity index is 2.37. The molecular weight excluding hydrogens is 204 g/mol. The molecule has 0 bridgehead atoms. The molecule has 0 radical (unpaired) electrons. The third kappa shape index (κ3) is 2.09. The van der Waals surface area contributed by atoms with Crippen molar-refractivity contribution in [2.45, 2.75) is 13.0 Å². The van der Waals surface area contributed by atoms with Gasteiger partial charge in [-0.05, 0) is 29.5 Å². The third-order valence-electron chi connectivity index (χ3n) is 2.46. The Labute approximate surface area is 93.7 Å². The van der Waals surface area contributed by atoms with Gasteiger partial charge in [-0.2, -0.15) is 0 Å². The van der Waals surface area contributed by atoms with Gasteiger partial charge < -0.3 is 0 Å². The molecule has 1 atom stereocenters. The van der Waals surface area contributed by atoms with E-state index >= 15 is 0 Å². The van der Waals surface area contributed by atoms with Crippen molar-refractivity contribution in [3.63, 3.8) is 0 Å². The summed E-state index contributed by atoms with van der Waals surface area (Å²) in [4.78, 5) is 1.28. The van der Waals surface area contributed by atoms with Crippen molar-refractivity contribution in [2.24, 2.45) is 5.84 Å². The van der Waals surface area contributed by atoms with E-state index in [9.17, 15) is 0 Å². The van der Waals surface area contributed by atoms with Gasteiger partial charge in [0, 0.05) is 4.88 Å². The van der Waals surface area contributed by atoms with Crippen LogP contribution in [0.5, 0.6) is 0 Å². The highest BCUT2D eigenvalue weighted by molar-refractivity contribution is 7.10. The number of hydrazine groups is 1. The second-order valence-corrected chi connectivity index (χ2v) is 4.43. The van der Waals surface area contributed by atoms with Crippen LogP contribution >= 0.6 is 11.3 Å². The summed E-state index contributed by atoms with van der Waals surface area (Å²) in [6.07, 6.45) is 0. The number of nitrogens with two attached hydrogens (primary N) is 1. The molecule has 0 aliphatic heterocycles. The second-order valence-electron chi connectivity index (χ2n) is 3.48. The van der Waals surface area contributed by atoms with E-state index in [0.717, 1.165) is 0 Å². The lowest BCUT2D eigenvalue weighted by Crippen LogP contribution is -2.28. The molecule has 78 valence electrons. The first-order chi connectivity index (χ1) is 7.33. The van der Waals surface area contributed by atoms with E-state index in [1.165, 1.54) is 16.0 Å². The average Bonchev–Trinajstić information content (AvgIpc) is 2.68. The first-order valence-electron chi connectivity index (χ1n) is 4.88. The number of rotatable bonds is 3. The lowest BCUT2D eigenvalue weighted by atomic mass is 10.0. The second kappa shape index (κ2) is 4.57. The van der Waals surface area contributed by atoms with Crippen molar-refractivity contribution in [1.82, 2.24) is 5.43 Å². The van der Waals surface area contributed by atoms with Gasteiger partial charge in [0.2, 0.25) is 0 Å². The van der Waals surface area contributed by atoms with Crippen LogP contribution in [-0.4, -0.2) is 0 Å². The molecule has 0 spiro atoms. The largest absolute Gasteiger partial charge is 0.271 e. The molecule has 3 N–H and O–H groups in total. The molecule has 2 nitrogen and oxygen atoms in total. The van der Waals surface area contributed by atoms with Crippen LogP contribution in [-0.2, 0) is 0 Å². The summed E-state index contributed by atoms with van der Waals surface area (Å²) in [5.74, 6) is 5.62. The lowest BCUT2D eigenvalue weighted by Gasteiger charge is -2.15. The quantitative estimate of drug-likeness (QED) is 0.614. The van der Waals surface area contributed by atoms with Gasteiger partial charge in [0.15, 0.2) is 0 Å². The Kier molecular flexibility index (Phi) is 3.16. The molecule has 2 rings (SSSR count). The van der Waals surface area contributed by atoms with E-state index in [0.29, 0.717) is 0 Å². The van der Waals surface area contributed by atoms with Crippen LogP contribution in [0.4, 0.5) is 0 Å². The summed E-state index contributed by atoms with van der Waals surface area (Å²) in [5.41, 5.74) is 5.36. The first-order valence-corrected chi connectivity index (χ1v) is 5.76. The molecule has 2 aromatic rings. The van der Waals surface area contributed by atoms with Gasteiger partial charge >= 0.3 is 0 Å². The van der Waals surface area contributed by atoms with E-state index in [-0.39, 0.29) is 6.04 Å². The zero-order chi connectivity index (χ0) is 10.7. The normalized spacial score (nSPS) is 12.7. The van der Waals surface area contributed by atoms with Crippen molar-refractivity contribution >= 4 is 11.3 Å². The maximum Gasteiger partial charge on any atom is 0.0805 e. The Morgan fingerprint density at radius 1 is 1.20 bits per heavy atom. The molecule has 0 saturated heterocycles. The summed E-state index contributed by atoms with van der Waals surface area (Å²) >= 11 is 1.73. The molecule has 0 amide bonds. The summed E-state index contributed by atoms with van der Waals surface area (Å²) in [6.45, 7) is 2.11. The average molecular weight is 218 g/mol. The van der Waals surface area contributed by atoms with Gasteiger partial charge in [-0.25, -0.2) is 5.43 Å². The van der Waals surface area contributed by atoms with Gasteiger partial charge in [-0.15, -0.1) is 11.3 Å². The monoisotopic (exact) mass is 218 g/mol. The zero-order valence-corrected chi connectivity index (χ0v) is 9.42. The van der Waals surface area contributed by atoms with E-state index in [1.807, 2.05) is 18.2 Å². The minimum absolute atomic E-state index is 0.103. The van der Waals surface area contributed by atoms with Crippen LogP contribution < -0.4 is 11.3 Å². The van der Waals surface area contributed by atoms with Crippen molar-refractivity contribution < 1.29 is 0 Å². The molecular formula is C12H14N2S. The number of nitrogens with one attached hydrogen (secondary N) is 1. The van der Waals surface area contributed by atoms with Crippen LogP contribution in [0.15, 0.2) is 41.8 Å². The molecule has 0 aliphatic rings. The minimum Gasteiger partial charge on any atom is -0.271 e. The highest BCUT2D eigenvalue weighted by atomic mass is 32.1. The van der Waals surface area contributed by atoms with E-state index in [4.69, 9.17) is 5.84 Å². The fourth-order valence-corrected chi connectivity index (χ4v) is 2.66. The number of benzene rings is 1. The van der Waals surface area contributed by atoms with Crippen molar-refractivity contribution in [1.29, 1.82) is 0 Å². The van der Waals surface area contributed by atoms with Gasteiger partial charge in [0.1, 0.15) is 0 Å². The Morgan fingerprint density at radius 2 is 1.93 bits per heavy atom. The fraction of sp³-hybridized carbons (Fsp3) is 0.167. The number of hydrogen-bond donors (Lipinski definition) is 2. The maximum absolute atomic E-state index is 5.62. The molecule has 0 aliphatic carbocycles. The molecule has 1 heterocycles. The summed E-state index contributed by atoms with van der Waals surface area (Å²) < 4.78 is 0. The lowest BCUT2D eigenvalue weighted by molar-refractivity contribution is 0.644. The van der Waals surface area contributed by atoms with Crippen molar-refractivity contribution in [2.75, 3.05) is 0 Å². The molecule has 1 aromatic carbocycles. The van der Waals surface area contributed by atoms with Crippen LogP contribution in [0.25, 0.3) is 0 Å². The van der Waals surface area contributed by atoms with Crippen LogP contribution in [0, 0.1) is 6.92 Å². The predicted octanol–water partition coefficient (Wildman–Crippen LogP) is 2.61. The summed E-state index contributed by atoms with van der Waals surface area (Å²) in [7, 11) is 0. The summed E-state index contributed by atoms with van der Waals surface area (Å²) in [6, 6.07) is 12.5. The number of thiophene rings is 1. The highest BCUT2D eigenvalue weighted by Gasteiger charge is 2.14. The molecule has 3 heteroatoms. The Morgan fingerprint density at radius 3 is 2.47 bits per heavy atom. The van der Waals surface area contributed by atoms with Crippen molar-refractivity contribution in [3.05, 3.63) is 57.8 Å². The van der Waals surface area contributed by atoms with Gasteiger partial charge in [0.05, 0.1) is 6.04 Å². The van der Waals surface area contributed by atoms with Crippen molar-refractivity contribution in [3.8, 4) is 0 Å². The topological polar surface area (TPSA) is 38.0 Å². The van der Waals surface area contributed by atoms with Gasteiger partial charge in [0.25, 0.3) is 0 Å². The molecule has 15 heavy (non-hydrogen) atoms. The maximum atomic E-state index is 5.62. The SMILES string of the molecule is Cc1ccsc1C(NN)c1ccccc1. The fourth-order valence-electron chi connectivity index (χ4n) is 1.65. The number of aryl methyl sites for hydroxylation is 1. The van der Waals surface area contributed by atoms with E-state index in [2.05, 4.69) is 35.9 Å². The van der Waals surface area contributed by atoms with Gasteiger partial charge in [-0.3, -0.25) is 5.84 Å². The number of hydrogen-bond acceptors (Lipinski definition) is 3. The smallest absolute Gasteiger partial charge is 0.0805 e. The third-order valence-corrected chi connectivity index (χ3v) is 3.55. The standard InChI is InChI=1S/C12H14N2S/c1-9-7-8-15-12(9)11(14-13)10-5-3-2-4-6-10/h2-8,11,14H,13H2,1H3. The molecule has 0 saturated carbocycles. The predicted molar refractivity (Wildman–Crippen MR) is 64.7 cm³/mol. The molecule has 1 unspecified atom stereocenters. The molecule has 0 fully saturated rings. The van der Waals surface area contributed by atoms with Crippen LogP contribution in [0.3, 0.4) is 0 Å². The van der Waals surface area contributed by atoms with Crippen LogP contribution in [0.1, 0.15) is 22.0 Å².